The highest BCUT2D eigenvalue weighted by molar-refractivity contribution is 7.19. The standard InChI is InChI=1S/C28H30N6O3S/c35-23-8-7-21(26(36)31-23)34-15-18-13-17(5-6-19(18)28(34)37)14-32-9-11-33(12-10-32)25-24-20-3-1-2-4-22(20)38-27(24)30-16-29-25/h5-6,13,16,21H,1-4,7-12,14-15H2,(H,31,35,36). The highest BCUT2D eigenvalue weighted by atomic mass is 32.1. The van der Waals surface area contributed by atoms with E-state index in [9.17, 15) is 14.4 Å². The third kappa shape index (κ3) is 4.06. The normalized spacial score (nSPS) is 22.1. The van der Waals surface area contributed by atoms with Crippen molar-refractivity contribution in [2.24, 2.45) is 0 Å². The number of carbonyl (C=O) groups excluding carboxylic acids is 3. The first-order valence-corrected chi connectivity index (χ1v) is 14.4. The average Bonchev–Trinajstić information content (AvgIpc) is 3.46. The number of aromatic nitrogens is 2. The molecule has 1 atom stereocenters. The molecule has 5 heterocycles. The zero-order valence-corrected chi connectivity index (χ0v) is 22.1. The van der Waals surface area contributed by atoms with Gasteiger partial charge in [-0.25, -0.2) is 9.97 Å². The summed E-state index contributed by atoms with van der Waals surface area (Å²) >= 11 is 1.85. The molecule has 196 valence electrons. The summed E-state index contributed by atoms with van der Waals surface area (Å²) in [6.45, 7) is 4.96. The minimum atomic E-state index is -0.578. The summed E-state index contributed by atoms with van der Waals surface area (Å²) < 4.78 is 0. The van der Waals surface area contributed by atoms with Crippen molar-refractivity contribution < 1.29 is 14.4 Å². The van der Waals surface area contributed by atoms with Gasteiger partial charge < -0.3 is 9.80 Å². The van der Waals surface area contributed by atoms with Gasteiger partial charge in [0.05, 0.1) is 5.39 Å². The summed E-state index contributed by atoms with van der Waals surface area (Å²) in [7, 11) is 0. The number of nitrogens with zero attached hydrogens (tertiary/aromatic N) is 5. The first kappa shape index (κ1) is 23.7. The number of anilines is 1. The molecule has 3 aliphatic heterocycles. The largest absolute Gasteiger partial charge is 0.353 e. The van der Waals surface area contributed by atoms with E-state index in [0.717, 1.165) is 55.4 Å². The number of aryl methyl sites for hydroxylation is 2. The van der Waals surface area contributed by atoms with Crippen LogP contribution < -0.4 is 10.2 Å². The van der Waals surface area contributed by atoms with E-state index in [0.29, 0.717) is 18.5 Å². The number of piperidine rings is 1. The van der Waals surface area contributed by atoms with Crippen molar-refractivity contribution in [1.82, 2.24) is 25.1 Å². The van der Waals surface area contributed by atoms with Gasteiger partial charge in [-0.2, -0.15) is 0 Å². The molecule has 0 radical (unpaired) electrons. The molecule has 38 heavy (non-hydrogen) atoms. The van der Waals surface area contributed by atoms with Crippen LogP contribution in [0.4, 0.5) is 5.82 Å². The Labute approximate surface area is 224 Å². The lowest BCUT2D eigenvalue weighted by Crippen LogP contribution is -2.52. The molecule has 7 rings (SSSR count). The van der Waals surface area contributed by atoms with Crippen molar-refractivity contribution in [1.29, 1.82) is 0 Å². The van der Waals surface area contributed by atoms with Gasteiger partial charge in [0.2, 0.25) is 11.8 Å². The Morgan fingerprint density at radius 3 is 2.68 bits per heavy atom. The number of rotatable bonds is 4. The lowest BCUT2D eigenvalue weighted by molar-refractivity contribution is -0.136. The van der Waals surface area contributed by atoms with Crippen LogP contribution in [0.3, 0.4) is 0 Å². The van der Waals surface area contributed by atoms with Crippen LogP contribution in [0, 0.1) is 0 Å². The van der Waals surface area contributed by atoms with Crippen molar-refractivity contribution in [3.63, 3.8) is 0 Å². The van der Waals surface area contributed by atoms with Crippen molar-refractivity contribution >= 4 is 45.1 Å². The molecule has 4 aliphatic rings. The number of carbonyl (C=O) groups is 3. The molecule has 10 heteroatoms. The van der Waals surface area contributed by atoms with Gasteiger partial charge in [0.1, 0.15) is 23.0 Å². The second kappa shape index (κ2) is 9.43. The number of fused-ring (bicyclic) bond motifs is 4. The number of thiophene rings is 1. The molecule has 1 N–H and O–H groups in total. The topological polar surface area (TPSA) is 98.7 Å². The van der Waals surface area contributed by atoms with Crippen molar-refractivity contribution in [3.05, 3.63) is 51.7 Å². The SMILES string of the molecule is O=C1CCC(N2Cc3cc(CN4CCN(c5ncnc6sc7c(c56)CCCC7)CC4)ccc3C2=O)C(=O)N1. The summed E-state index contributed by atoms with van der Waals surface area (Å²) in [5.41, 5.74) is 4.27. The van der Waals surface area contributed by atoms with Crippen molar-refractivity contribution in [3.8, 4) is 0 Å². The summed E-state index contributed by atoms with van der Waals surface area (Å²) in [6, 6.07) is 5.46. The summed E-state index contributed by atoms with van der Waals surface area (Å²) in [6.07, 6.45) is 7.19. The van der Waals surface area contributed by atoms with Gasteiger partial charge in [0, 0.05) is 56.1 Å². The van der Waals surface area contributed by atoms with Crippen molar-refractivity contribution in [2.45, 2.75) is 57.7 Å². The maximum Gasteiger partial charge on any atom is 0.255 e. The fourth-order valence-corrected chi connectivity index (χ4v) is 7.64. The third-order valence-electron chi connectivity index (χ3n) is 8.40. The Morgan fingerprint density at radius 2 is 1.84 bits per heavy atom. The Kier molecular flexibility index (Phi) is 5.89. The monoisotopic (exact) mass is 530 g/mol. The van der Waals surface area contributed by atoms with Gasteiger partial charge in [-0.1, -0.05) is 12.1 Å². The van der Waals surface area contributed by atoms with Gasteiger partial charge in [-0.3, -0.25) is 24.6 Å². The molecule has 1 aliphatic carbocycles. The molecule has 1 unspecified atom stereocenters. The number of benzene rings is 1. The minimum Gasteiger partial charge on any atom is -0.353 e. The molecule has 3 amide bonds. The lowest BCUT2D eigenvalue weighted by Gasteiger charge is -2.35. The zero-order valence-electron chi connectivity index (χ0n) is 21.2. The van der Waals surface area contributed by atoms with Crippen LogP contribution >= 0.6 is 11.3 Å². The quantitative estimate of drug-likeness (QED) is 0.518. The maximum atomic E-state index is 13.0. The van der Waals surface area contributed by atoms with E-state index in [1.165, 1.54) is 40.7 Å². The van der Waals surface area contributed by atoms with Gasteiger partial charge >= 0.3 is 0 Å². The Hall–Kier alpha value is -3.37. The third-order valence-corrected chi connectivity index (χ3v) is 9.60. The molecule has 2 fully saturated rings. The number of hydrogen-bond donors (Lipinski definition) is 1. The molecule has 2 saturated heterocycles. The second-order valence-corrected chi connectivity index (χ2v) is 11.8. The van der Waals surface area contributed by atoms with Crippen LogP contribution in [0.5, 0.6) is 0 Å². The summed E-state index contributed by atoms with van der Waals surface area (Å²) in [5.74, 6) is 0.334. The van der Waals surface area contributed by atoms with E-state index >= 15 is 0 Å². The van der Waals surface area contributed by atoms with Crippen LogP contribution in [0.1, 0.15) is 57.6 Å². The number of piperazine rings is 1. The van der Waals surface area contributed by atoms with Crippen molar-refractivity contribution in [2.75, 3.05) is 31.1 Å². The van der Waals surface area contributed by atoms with Gasteiger partial charge in [0.15, 0.2) is 0 Å². The number of amides is 3. The van der Waals surface area contributed by atoms with E-state index in [2.05, 4.69) is 26.2 Å². The molecule has 3 aromatic rings. The number of nitrogens with one attached hydrogen (secondary N) is 1. The summed E-state index contributed by atoms with van der Waals surface area (Å²) in [5, 5.41) is 3.65. The number of imide groups is 1. The highest BCUT2D eigenvalue weighted by Crippen LogP contribution is 2.39. The van der Waals surface area contributed by atoms with E-state index in [4.69, 9.17) is 4.98 Å². The molecule has 0 bridgehead atoms. The first-order valence-electron chi connectivity index (χ1n) is 13.5. The molecule has 2 aromatic heterocycles. The Balaban J connectivity index is 1.02. The van der Waals surface area contributed by atoms with E-state index < -0.39 is 6.04 Å². The molecular formula is C28H30N6O3S. The molecule has 1 aromatic carbocycles. The zero-order chi connectivity index (χ0) is 25.8. The molecular weight excluding hydrogens is 500 g/mol. The first-order chi connectivity index (χ1) is 18.5. The van der Waals surface area contributed by atoms with Gasteiger partial charge in [0.25, 0.3) is 5.91 Å². The molecule has 0 spiro atoms. The van der Waals surface area contributed by atoms with Crippen LogP contribution in [0.2, 0.25) is 0 Å². The lowest BCUT2D eigenvalue weighted by atomic mass is 9.97. The van der Waals surface area contributed by atoms with Crippen LogP contribution in [-0.2, 0) is 35.5 Å². The van der Waals surface area contributed by atoms with Gasteiger partial charge in [-0.05, 0) is 54.9 Å². The smallest absolute Gasteiger partial charge is 0.255 e. The predicted molar refractivity (Wildman–Crippen MR) is 144 cm³/mol. The Bertz CT molecular complexity index is 1460. The van der Waals surface area contributed by atoms with Crippen LogP contribution in [-0.4, -0.2) is 69.7 Å². The highest BCUT2D eigenvalue weighted by Gasteiger charge is 2.39. The van der Waals surface area contributed by atoms with Crippen LogP contribution in [0.15, 0.2) is 24.5 Å². The predicted octanol–water partition coefficient (Wildman–Crippen LogP) is 2.65. The minimum absolute atomic E-state index is 0.124. The van der Waals surface area contributed by atoms with E-state index in [1.54, 1.807) is 11.2 Å². The maximum absolute atomic E-state index is 13.0. The number of hydrogen-bond acceptors (Lipinski definition) is 8. The summed E-state index contributed by atoms with van der Waals surface area (Å²) in [4.78, 5) is 55.3. The molecule has 9 nitrogen and oxygen atoms in total. The fourth-order valence-electron chi connectivity index (χ4n) is 6.42. The van der Waals surface area contributed by atoms with Crippen LogP contribution in [0.25, 0.3) is 10.2 Å². The fraction of sp³-hybridized carbons (Fsp3) is 0.464. The second-order valence-electron chi connectivity index (χ2n) is 10.7. The van der Waals surface area contributed by atoms with E-state index in [1.807, 2.05) is 23.5 Å². The molecule has 0 saturated carbocycles. The van der Waals surface area contributed by atoms with E-state index in [-0.39, 0.29) is 24.1 Å². The van der Waals surface area contributed by atoms with Gasteiger partial charge in [-0.15, -0.1) is 11.3 Å². The average molecular weight is 531 g/mol. The Morgan fingerprint density at radius 1 is 1.00 bits per heavy atom.